The van der Waals surface area contributed by atoms with Crippen LogP contribution in [0, 0.1) is 0 Å². The molecule has 0 atom stereocenters. The molecule has 0 aromatic heterocycles. The number of carbonyl (C=O) groups excluding carboxylic acids is 3. The van der Waals surface area contributed by atoms with Crippen LogP contribution < -0.4 is 0 Å². The Morgan fingerprint density at radius 1 is 0.920 bits per heavy atom. The third kappa shape index (κ3) is 3.52. The number of hydrazine groups is 1. The summed E-state index contributed by atoms with van der Waals surface area (Å²) in [6.45, 7) is -0.0127. The SMILES string of the molecule is O=C(c1ccccc1Cl)N(Cc1ccccc1Cl)N1C(=O)CCC1=O. The second-order valence-electron chi connectivity index (χ2n) is 5.53. The largest absolute Gasteiger partial charge is 0.274 e. The van der Waals surface area contributed by atoms with Crippen LogP contribution in [0.5, 0.6) is 0 Å². The first-order valence-corrected chi connectivity index (χ1v) is 8.40. The Labute approximate surface area is 154 Å². The van der Waals surface area contributed by atoms with Gasteiger partial charge in [0.15, 0.2) is 0 Å². The Morgan fingerprint density at radius 3 is 2.08 bits per heavy atom. The Morgan fingerprint density at radius 2 is 1.48 bits per heavy atom. The van der Waals surface area contributed by atoms with Crippen molar-refractivity contribution in [1.82, 2.24) is 10.0 Å². The molecule has 0 spiro atoms. The smallest absolute Gasteiger partial charge is 0.273 e. The molecule has 1 fully saturated rings. The highest BCUT2D eigenvalue weighted by Crippen LogP contribution is 2.25. The highest BCUT2D eigenvalue weighted by Gasteiger charge is 2.37. The summed E-state index contributed by atoms with van der Waals surface area (Å²) in [6.07, 6.45) is 0.154. The molecule has 3 amide bonds. The molecule has 2 aromatic rings. The molecule has 0 N–H and O–H groups in total. The molecule has 0 saturated carbocycles. The van der Waals surface area contributed by atoms with E-state index in [1.165, 1.54) is 0 Å². The number of halogens is 2. The molecule has 0 bridgehead atoms. The number of hydrogen-bond donors (Lipinski definition) is 0. The van der Waals surface area contributed by atoms with E-state index in [0.29, 0.717) is 10.6 Å². The van der Waals surface area contributed by atoms with Crippen molar-refractivity contribution in [2.45, 2.75) is 19.4 Å². The van der Waals surface area contributed by atoms with E-state index < -0.39 is 17.7 Å². The van der Waals surface area contributed by atoms with Gasteiger partial charge >= 0.3 is 0 Å². The molecule has 0 aliphatic carbocycles. The van der Waals surface area contributed by atoms with Crippen molar-refractivity contribution < 1.29 is 14.4 Å². The summed E-state index contributed by atoms with van der Waals surface area (Å²) in [7, 11) is 0. The summed E-state index contributed by atoms with van der Waals surface area (Å²) >= 11 is 12.3. The molecule has 3 rings (SSSR count). The van der Waals surface area contributed by atoms with Gasteiger partial charge in [-0.25, -0.2) is 5.01 Å². The Balaban J connectivity index is 2.01. The number of rotatable bonds is 4. The van der Waals surface area contributed by atoms with E-state index in [1.807, 2.05) is 0 Å². The molecule has 0 radical (unpaired) electrons. The molecule has 128 valence electrons. The Bertz CT molecular complexity index is 838. The molecule has 1 aliphatic rings. The zero-order chi connectivity index (χ0) is 18.0. The van der Waals surface area contributed by atoms with Crippen LogP contribution >= 0.6 is 23.2 Å². The summed E-state index contributed by atoms with van der Waals surface area (Å²) in [5, 5.41) is 2.70. The fourth-order valence-electron chi connectivity index (χ4n) is 2.63. The summed E-state index contributed by atoms with van der Waals surface area (Å²) in [6, 6.07) is 13.4. The molecule has 25 heavy (non-hydrogen) atoms. The summed E-state index contributed by atoms with van der Waals surface area (Å²) < 4.78 is 0. The van der Waals surface area contributed by atoms with Crippen LogP contribution in [0.1, 0.15) is 28.8 Å². The molecule has 2 aromatic carbocycles. The predicted molar refractivity (Wildman–Crippen MR) is 93.9 cm³/mol. The van der Waals surface area contributed by atoms with Gasteiger partial charge in [0.05, 0.1) is 17.1 Å². The minimum absolute atomic E-state index is 0.0127. The maximum absolute atomic E-state index is 13.0. The van der Waals surface area contributed by atoms with E-state index in [2.05, 4.69) is 0 Å². The van der Waals surface area contributed by atoms with E-state index >= 15 is 0 Å². The van der Waals surface area contributed by atoms with Gasteiger partial charge in [-0.05, 0) is 23.8 Å². The van der Waals surface area contributed by atoms with Gasteiger partial charge in [0.1, 0.15) is 0 Å². The molecule has 1 heterocycles. The lowest BCUT2D eigenvalue weighted by molar-refractivity contribution is -0.153. The fraction of sp³-hybridized carbons (Fsp3) is 0.167. The number of carbonyl (C=O) groups is 3. The number of hydrogen-bond acceptors (Lipinski definition) is 3. The van der Waals surface area contributed by atoms with Gasteiger partial charge in [-0.2, -0.15) is 5.01 Å². The second-order valence-corrected chi connectivity index (χ2v) is 6.35. The van der Waals surface area contributed by atoms with E-state index in [4.69, 9.17) is 23.2 Å². The zero-order valence-corrected chi connectivity index (χ0v) is 14.6. The van der Waals surface area contributed by atoms with Crippen LogP contribution in [0.15, 0.2) is 48.5 Å². The lowest BCUT2D eigenvalue weighted by Gasteiger charge is -2.30. The average molecular weight is 377 g/mol. The van der Waals surface area contributed by atoms with Crippen LogP contribution in [0.25, 0.3) is 0 Å². The highest BCUT2D eigenvalue weighted by atomic mass is 35.5. The zero-order valence-electron chi connectivity index (χ0n) is 13.1. The summed E-state index contributed by atoms with van der Waals surface area (Å²) in [4.78, 5) is 37.3. The second kappa shape index (κ2) is 7.25. The van der Waals surface area contributed by atoms with E-state index in [9.17, 15) is 14.4 Å². The quantitative estimate of drug-likeness (QED) is 0.764. The van der Waals surface area contributed by atoms with Crippen molar-refractivity contribution >= 4 is 40.9 Å². The van der Waals surface area contributed by atoms with Crippen molar-refractivity contribution in [2.75, 3.05) is 0 Å². The monoisotopic (exact) mass is 376 g/mol. The Hall–Kier alpha value is -2.37. The molecule has 7 heteroatoms. The van der Waals surface area contributed by atoms with E-state index in [0.717, 1.165) is 10.0 Å². The standard InChI is InChI=1S/C18H14Cl2N2O3/c19-14-7-3-1-5-12(14)11-21(22-16(23)9-10-17(22)24)18(25)13-6-2-4-8-15(13)20/h1-8H,9-11H2. The number of amides is 3. The third-order valence-corrected chi connectivity index (χ3v) is 4.58. The minimum Gasteiger partial charge on any atom is -0.273 e. The van der Waals surface area contributed by atoms with Crippen molar-refractivity contribution in [3.8, 4) is 0 Å². The van der Waals surface area contributed by atoms with Crippen LogP contribution in [0.2, 0.25) is 10.0 Å². The van der Waals surface area contributed by atoms with Gasteiger partial charge in [0.2, 0.25) is 11.8 Å². The van der Waals surface area contributed by atoms with E-state index in [-0.39, 0.29) is 30.0 Å². The van der Waals surface area contributed by atoms with Crippen molar-refractivity contribution in [3.05, 3.63) is 69.7 Å². The first kappa shape index (κ1) is 17.5. The highest BCUT2D eigenvalue weighted by molar-refractivity contribution is 6.34. The normalized spacial score (nSPS) is 14.1. The van der Waals surface area contributed by atoms with Crippen LogP contribution in [0.4, 0.5) is 0 Å². The fourth-order valence-corrected chi connectivity index (χ4v) is 3.04. The first-order chi connectivity index (χ1) is 12.0. The maximum atomic E-state index is 13.0. The predicted octanol–water partition coefficient (Wildman–Crippen LogP) is 3.70. The molecule has 1 saturated heterocycles. The van der Waals surface area contributed by atoms with Crippen LogP contribution in [-0.2, 0) is 16.1 Å². The van der Waals surface area contributed by atoms with Crippen LogP contribution in [0.3, 0.4) is 0 Å². The first-order valence-electron chi connectivity index (χ1n) is 7.64. The van der Waals surface area contributed by atoms with E-state index in [1.54, 1.807) is 48.5 Å². The van der Waals surface area contributed by atoms with Crippen molar-refractivity contribution in [1.29, 1.82) is 0 Å². The van der Waals surface area contributed by atoms with Gasteiger partial charge in [-0.1, -0.05) is 53.5 Å². The Kier molecular flexibility index (Phi) is 5.06. The van der Waals surface area contributed by atoms with Crippen molar-refractivity contribution in [3.63, 3.8) is 0 Å². The number of imide groups is 1. The minimum atomic E-state index is -0.533. The summed E-state index contributed by atoms with van der Waals surface area (Å²) in [5.41, 5.74) is 0.834. The lowest BCUT2D eigenvalue weighted by Crippen LogP contribution is -2.49. The van der Waals surface area contributed by atoms with Gasteiger partial charge < -0.3 is 0 Å². The molecular weight excluding hydrogens is 363 g/mol. The number of nitrogens with zero attached hydrogens (tertiary/aromatic N) is 2. The van der Waals surface area contributed by atoms with Gasteiger partial charge in [0, 0.05) is 17.9 Å². The van der Waals surface area contributed by atoms with Gasteiger partial charge in [-0.15, -0.1) is 0 Å². The van der Waals surface area contributed by atoms with Crippen LogP contribution in [-0.4, -0.2) is 27.7 Å². The van der Waals surface area contributed by atoms with Crippen molar-refractivity contribution in [2.24, 2.45) is 0 Å². The lowest BCUT2D eigenvalue weighted by atomic mass is 10.1. The third-order valence-electron chi connectivity index (χ3n) is 3.88. The van der Waals surface area contributed by atoms with Gasteiger partial charge in [-0.3, -0.25) is 14.4 Å². The average Bonchev–Trinajstić information content (AvgIpc) is 2.93. The molecule has 1 aliphatic heterocycles. The topological polar surface area (TPSA) is 57.7 Å². The molecule has 0 unspecified atom stereocenters. The summed E-state index contributed by atoms with van der Waals surface area (Å²) in [5.74, 6) is -1.37. The molecular formula is C18H14Cl2N2O3. The molecule has 5 nitrogen and oxygen atoms in total. The number of benzene rings is 2. The van der Waals surface area contributed by atoms with Gasteiger partial charge in [0.25, 0.3) is 5.91 Å². The maximum Gasteiger partial charge on any atom is 0.274 e.